The van der Waals surface area contributed by atoms with Crippen molar-refractivity contribution in [3.63, 3.8) is 0 Å². The van der Waals surface area contributed by atoms with Crippen LogP contribution < -0.4 is 15.4 Å². The smallest absolute Gasteiger partial charge is 0.308 e. The van der Waals surface area contributed by atoms with E-state index in [1.54, 1.807) is 29.5 Å². The lowest BCUT2D eigenvalue weighted by Gasteiger charge is -2.08. The minimum Gasteiger partial charge on any atom is -0.427 e. The zero-order valence-corrected chi connectivity index (χ0v) is 14.7. The van der Waals surface area contributed by atoms with Crippen molar-refractivity contribution in [1.82, 2.24) is 10.6 Å². The molecule has 1 aromatic carbocycles. The molecule has 1 aromatic heterocycles. The van der Waals surface area contributed by atoms with Crippen LogP contribution in [0.15, 0.2) is 41.8 Å². The lowest BCUT2D eigenvalue weighted by atomic mass is 10.2. The van der Waals surface area contributed by atoms with Gasteiger partial charge in [0.05, 0.1) is 6.42 Å². The fraction of sp³-hybridized carbons (Fsp3) is 0.278. The number of carbonyl (C=O) groups excluding carboxylic acids is 3. The Morgan fingerprint density at radius 3 is 2.60 bits per heavy atom. The number of nitrogens with one attached hydrogen (secondary N) is 2. The van der Waals surface area contributed by atoms with Crippen LogP contribution in [0.2, 0.25) is 0 Å². The third-order valence-electron chi connectivity index (χ3n) is 3.23. The maximum atomic E-state index is 12.1. The van der Waals surface area contributed by atoms with Crippen molar-refractivity contribution in [2.45, 2.75) is 19.8 Å². The van der Waals surface area contributed by atoms with Crippen molar-refractivity contribution >= 4 is 29.1 Å². The quantitative estimate of drug-likeness (QED) is 0.429. The van der Waals surface area contributed by atoms with Gasteiger partial charge in [-0.15, -0.1) is 11.3 Å². The summed E-state index contributed by atoms with van der Waals surface area (Å²) in [5.74, 6) is -0.376. The molecule has 7 heteroatoms. The average molecular weight is 360 g/mol. The van der Waals surface area contributed by atoms with Crippen molar-refractivity contribution in [2.75, 3.05) is 13.1 Å². The van der Waals surface area contributed by atoms with E-state index in [9.17, 15) is 14.4 Å². The molecule has 0 radical (unpaired) electrons. The van der Waals surface area contributed by atoms with Gasteiger partial charge < -0.3 is 15.4 Å². The molecular weight excluding hydrogens is 340 g/mol. The van der Waals surface area contributed by atoms with Crippen LogP contribution >= 0.6 is 11.3 Å². The summed E-state index contributed by atoms with van der Waals surface area (Å²) in [7, 11) is 0. The molecule has 25 heavy (non-hydrogen) atoms. The lowest BCUT2D eigenvalue weighted by molar-refractivity contribution is -0.131. The zero-order chi connectivity index (χ0) is 18.1. The molecule has 0 aliphatic rings. The number of rotatable bonds is 8. The molecule has 6 nitrogen and oxygen atoms in total. The van der Waals surface area contributed by atoms with Gasteiger partial charge in [0.15, 0.2) is 0 Å². The number of esters is 1. The van der Waals surface area contributed by atoms with Gasteiger partial charge in [0.2, 0.25) is 5.91 Å². The molecule has 1 heterocycles. The second kappa shape index (κ2) is 9.58. The van der Waals surface area contributed by atoms with Crippen molar-refractivity contribution < 1.29 is 19.1 Å². The Balaban J connectivity index is 1.66. The first-order chi connectivity index (χ1) is 12.0. The van der Waals surface area contributed by atoms with Crippen LogP contribution in [-0.2, 0) is 16.0 Å². The molecule has 0 fully saturated rings. The highest BCUT2D eigenvalue weighted by molar-refractivity contribution is 7.10. The Bertz CT molecular complexity index is 728. The summed E-state index contributed by atoms with van der Waals surface area (Å²) in [5.41, 5.74) is 0.417. The first kappa shape index (κ1) is 18.7. The van der Waals surface area contributed by atoms with Crippen LogP contribution in [-0.4, -0.2) is 30.9 Å². The summed E-state index contributed by atoms with van der Waals surface area (Å²) in [6.07, 6.45) is 1.01. The molecular formula is C18H20N2O4S. The number of carbonyl (C=O) groups is 3. The fourth-order valence-electron chi connectivity index (χ4n) is 2.12. The third-order valence-corrected chi connectivity index (χ3v) is 4.11. The van der Waals surface area contributed by atoms with Crippen LogP contribution in [0.4, 0.5) is 0 Å². The Labute approximate surface area is 150 Å². The van der Waals surface area contributed by atoms with E-state index in [4.69, 9.17) is 4.74 Å². The van der Waals surface area contributed by atoms with E-state index in [1.807, 2.05) is 17.5 Å². The number of hydrogen-bond acceptors (Lipinski definition) is 5. The highest BCUT2D eigenvalue weighted by Gasteiger charge is 2.08. The van der Waals surface area contributed by atoms with Crippen LogP contribution in [0.3, 0.4) is 0 Å². The van der Waals surface area contributed by atoms with Crippen molar-refractivity contribution in [2.24, 2.45) is 0 Å². The van der Waals surface area contributed by atoms with E-state index >= 15 is 0 Å². The second-order valence-corrected chi connectivity index (χ2v) is 6.37. The number of thiophene rings is 1. The lowest BCUT2D eigenvalue weighted by Crippen LogP contribution is -2.30. The van der Waals surface area contributed by atoms with Crippen LogP contribution in [0.1, 0.15) is 28.6 Å². The van der Waals surface area contributed by atoms with E-state index < -0.39 is 5.97 Å². The van der Waals surface area contributed by atoms with Gasteiger partial charge in [0.25, 0.3) is 5.91 Å². The summed E-state index contributed by atoms with van der Waals surface area (Å²) in [5, 5.41) is 7.53. The summed E-state index contributed by atoms with van der Waals surface area (Å²) >= 11 is 1.55. The maximum Gasteiger partial charge on any atom is 0.308 e. The molecule has 0 aliphatic heterocycles. The molecule has 0 spiro atoms. The summed E-state index contributed by atoms with van der Waals surface area (Å²) in [4.78, 5) is 35.7. The standard InChI is InChI=1S/C18H20N2O4S/c1-13(21)24-15-6-2-5-14(11-15)18(23)20-9-4-8-19-17(22)12-16-7-3-10-25-16/h2-3,5-7,10-11H,4,8-9,12H2,1H3,(H,19,22)(H,20,23). The van der Waals surface area contributed by atoms with Gasteiger partial charge in [-0.1, -0.05) is 12.1 Å². The SMILES string of the molecule is CC(=O)Oc1cccc(C(=O)NCCCNC(=O)Cc2cccs2)c1. The Hall–Kier alpha value is -2.67. The van der Waals surface area contributed by atoms with Gasteiger partial charge >= 0.3 is 5.97 Å². The van der Waals surface area contributed by atoms with Gasteiger partial charge in [0, 0.05) is 30.5 Å². The van der Waals surface area contributed by atoms with Crippen LogP contribution in [0.25, 0.3) is 0 Å². The molecule has 0 saturated carbocycles. The minimum absolute atomic E-state index is 0.0251. The highest BCUT2D eigenvalue weighted by atomic mass is 32.1. The topological polar surface area (TPSA) is 84.5 Å². The number of amides is 2. The van der Waals surface area contributed by atoms with E-state index in [1.165, 1.54) is 13.0 Å². The van der Waals surface area contributed by atoms with Crippen molar-refractivity contribution in [1.29, 1.82) is 0 Å². The van der Waals surface area contributed by atoms with Crippen LogP contribution in [0, 0.1) is 0 Å². The van der Waals surface area contributed by atoms with Crippen molar-refractivity contribution in [3.05, 3.63) is 52.2 Å². The predicted molar refractivity (Wildman–Crippen MR) is 95.7 cm³/mol. The first-order valence-corrected chi connectivity index (χ1v) is 8.78. The number of ether oxygens (including phenoxy) is 1. The van der Waals surface area contributed by atoms with Gasteiger partial charge in [0.1, 0.15) is 5.75 Å². The second-order valence-electron chi connectivity index (χ2n) is 5.34. The van der Waals surface area contributed by atoms with Crippen LogP contribution in [0.5, 0.6) is 5.75 Å². The Morgan fingerprint density at radius 1 is 1.08 bits per heavy atom. The van der Waals surface area contributed by atoms with Gasteiger partial charge in [-0.3, -0.25) is 14.4 Å². The molecule has 2 aromatic rings. The molecule has 2 amide bonds. The fourth-order valence-corrected chi connectivity index (χ4v) is 2.82. The summed E-state index contributed by atoms with van der Waals surface area (Å²) < 4.78 is 4.95. The number of hydrogen-bond donors (Lipinski definition) is 2. The van der Waals surface area contributed by atoms with Gasteiger partial charge in [-0.05, 0) is 36.1 Å². The summed E-state index contributed by atoms with van der Waals surface area (Å²) in [6.45, 7) is 2.24. The normalized spacial score (nSPS) is 10.1. The van der Waals surface area contributed by atoms with E-state index in [0.29, 0.717) is 37.2 Å². The maximum absolute atomic E-state index is 12.1. The van der Waals surface area contributed by atoms with E-state index in [2.05, 4.69) is 10.6 Å². The molecule has 132 valence electrons. The minimum atomic E-state index is -0.434. The first-order valence-electron chi connectivity index (χ1n) is 7.90. The molecule has 2 rings (SSSR count). The van der Waals surface area contributed by atoms with E-state index in [0.717, 1.165) is 4.88 Å². The highest BCUT2D eigenvalue weighted by Crippen LogP contribution is 2.13. The largest absolute Gasteiger partial charge is 0.427 e. The average Bonchev–Trinajstić information content (AvgIpc) is 3.07. The summed E-state index contributed by atoms with van der Waals surface area (Å²) in [6, 6.07) is 10.3. The van der Waals surface area contributed by atoms with Crippen molar-refractivity contribution in [3.8, 4) is 5.75 Å². The molecule has 0 atom stereocenters. The van der Waals surface area contributed by atoms with E-state index in [-0.39, 0.29) is 11.8 Å². The zero-order valence-electron chi connectivity index (χ0n) is 13.9. The number of benzene rings is 1. The Morgan fingerprint density at radius 2 is 1.88 bits per heavy atom. The van der Waals surface area contributed by atoms with Gasteiger partial charge in [-0.25, -0.2) is 0 Å². The predicted octanol–water partition coefficient (Wildman–Crippen LogP) is 2.15. The van der Waals surface area contributed by atoms with Gasteiger partial charge in [-0.2, -0.15) is 0 Å². The molecule has 0 saturated heterocycles. The molecule has 0 unspecified atom stereocenters. The molecule has 2 N–H and O–H groups in total. The monoisotopic (exact) mass is 360 g/mol. The molecule has 0 bridgehead atoms. The molecule has 0 aliphatic carbocycles. The Kier molecular flexibility index (Phi) is 7.16. The third kappa shape index (κ3) is 6.76.